The van der Waals surface area contributed by atoms with Gasteiger partial charge in [0.25, 0.3) is 0 Å². The lowest BCUT2D eigenvalue weighted by atomic mass is 9.95. The SMILES string of the molecule is CCC(NC(=O)C1CCCN(Cc2nc(-c3cccc(Cl)c3)no2)C1)c1ccc(C)c(C)c1. The molecule has 1 aliphatic rings. The second-order valence-electron chi connectivity index (χ2n) is 8.91. The molecule has 7 heteroatoms. The van der Waals surface area contributed by atoms with Crippen LogP contribution in [-0.2, 0) is 11.3 Å². The van der Waals surface area contributed by atoms with Gasteiger partial charge in [-0.25, -0.2) is 0 Å². The molecule has 2 heterocycles. The summed E-state index contributed by atoms with van der Waals surface area (Å²) in [5, 5.41) is 8.01. The topological polar surface area (TPSA) is 71.3 Å². The molecular weight excluding hydrogens is 436 g/mol. The molecule has 6 nitrogen and oxygen atoms in total. The van der Waals surface area contributed by atoms with Crippen LogP contribution < -0.4 is 5.32 Å². The Morgan fingerprint density at radius 1 is 1.24 bits per heavy atom. The monoisotopic (exact) mass is 466 g/mol. The van der Waals surface area contributed by atoms with Crippen LogP contribution >= 0.6 is 11.6 Å². The predicted molar refractivity (Wildman–Crippen MR) is 130 cm³/mol. The minimum Gasteiger partial charge on any atom is -0.349 e. The number of rotatable bonds is 7. The fourth-order valence-corrected chi connectivity index (χ4v) is 4.55. The van der Waals surface area contributed by atoms with Crippen molar-refractivity contribution in [2.75, 3.05) is 13.1 Å². The van der Waals surface area contributed by atoms with Crippen LogP contribution in [0, 0.1) is 19.8 Å². The second-order valence-corrected chi connectivity index (χ2v) is 9.35. The van der Waals surface area contributed by atoms with Crippen LogP contribution in [0.1, 0.15) is 54.8 Å². The van der Waals surface area contributed by atoms with E-state index in [1.165, 1.54) is 16.7 Å². The summed E-state index contributed by atoms with van der Waals surface area (Å²) in [4.78, 5) is 19.9. The van der Waals surface area contributed by atoms with Gasteiger partial charge in [-0.15, -0.1) is 0 Å². The first-order chi connectivity index (χ1) is 15.9. The minimum absolute atomic E-state index is 0.0309. The lowest BCUT2D eigenvalue weighted by molar-refractivity contribution is -0.127. The number of likely N-dealkylation sites (tertiary alicyclic amines) is 1. The maximum atomic E-state index is 13.1. The Labute approximate surface area is 200 Å². The first-order valence-electron chi connectivity index (χ1n) is 11.6. The number of aromatic nitrogens is 2. The molecular formula is C26H31ClN4O2. The number of carbonyl (C=O) groups excluding carboxylic acids is 1. The number of benzene rings is 2. The molecule has 1 amide bonds. The van der Waals surface area contributed by atoms with E-state index in [0.717, 1.165) is 31.4 Å². The van der Waals surface area contributed by atoms with Crippen molar-refractivity contribution in [2.45, 2.75) is 52.6 Å². The summed E-state index contributed by atoms with van der Waals surface area (Å²) in [6.45, 7) is 8.46. The zero-order valence-electron chi connectivity index (χ0n) is 19.5. The van der Waals surface area contributed by atoms with Crippen molar-refractivity contribution in [3.05, 3.63) is 70.1 Å². The van der Waals surface area contributed by atoms with E-state index >= 15 is 0 Å². The smallest absolute Gasteiger partial charge is 0.241 e. The molecule has 2 aromatic carbocycles. The van der Waals surface area contributed by atoms with Crippen molar-refractivity contribution in [2.24, 2.45) is 5.92 Å². The van der Waals surface area contributed by atoms with Crippen molar-refractivity contribution in [3.63, 3.8) is 0 Å². The Morgan fingerprint density at radius 3 is 2.85 bits per heavy atom. The van der Waals surface area contributed by atoms with Crippen molar-refractivity contribution < 1.29 is 9.32 Å². The van der Waals surface area contributed by atoms with Crippen LogP contribution in [0.15, 0.2) is 47.0 Å². The summed E-state index contributed by atoms with van der Waals surface area (Å²) in [7, 11) is 0. The highest BCUT2D eigenvalue weighted by molar-refractivity contribution is 6.30. The molecule has 4 rings (SSSR count). The summed E-state index contributed by atoms with van der Waals surface area (Å²) in [6, 6.07) is 13.9. The molecule has 0 radical (unpaired) electrons. The van der Waals surface area contributed by atoms with E-state index in [0.29, 0.717) is 29.8 Å². The Balaban J connectivity index is 1.37. The normalized spacial score (nSPS) is 17.6. The fourth-order valence-electron chi connectivity index (χ4n) is 4.36. The van der Waals surface area contributed by atoms with E-state index in [1.54, 1.807) is 0 Å². The lowest BCUT2D eigenvalue weighted by Gasteiger charge is -2.32. The highest BCUT2D eigenvalue weighted by atomic mass is 35.5. The molecule has 0 spiro atoms. The molecule has 1 aromatic heterocycles. The van der Waals surface area contributed by atoms with Gasteiger partial charge >= 0.3 is 0 Å². The number of amides is 1. The maximum Gasteiger partial charge on any atom is 0.241 e. The Bertz CT molecular complexity index is 1110. The highest BCUT2D eigenvalue weighted by Gasteiger charge is 2.28. The van der Waals surface area contributed by atoms with Crippen molar-refractivity contribution in [1.29, 1.82) is 0 Å². The predicted octanol–water partition coefficient (Wildman–Crippen LogP) is 5.49. The van der Waals surface area contributed by atoms with E-state index in [1.807, 2.05) is 24.3 Å². The van der Waals surface area contributed by atoms with E-state index < -0.39 is 0 Å². The molecule has 1 N–H and O–H groups in total. The number of halogens is 1. The van der Waals surface area contributed by atoms with E-state index in [-0.39, 0.29) is 17.9 Å². The summed E-state index contributed by atoms with van der Waals surface area (Å²) in [5.74, 6) is 1.15. The number of hydrogen-bond acceptors (Lipinski definition) is 5. The van der Waals surface area contributed by atoms with Gasteiger partial charge in [-0.3, -0.25) is 9.69 Å². The van der Waals surface area contributed by atoms with Crippen LogP contribution in [0.4, 0.5) is 0 Å². The molecule has 174 valence electrons. The number of carbonyl (C=O) groups is 1. The Kier molecular flexibility index (Phi) is 7.46. The number of nitrogens with zero attached hydrogens (tertiary/aromatic N) is 3. The number of aryl methyl sites for hydroxylation is 2. The lowest BCUT2D eigenvalue weighted by Crippen LogP contribution is -2.43. The molecule has 33 heavy (non-hydrogen) atoms. The number of piperidine rings is 1. The summed E-state index contributed by atoms with van der Waals surface area (Å²) in [5.41, 5.74) is 4.51. The van der Waals surface area contributed by atoms with E-state index in [4.69, 9.17) is 16.1 Å². The maximum absolute atomic E-state index is 13.1. The first-order valence-corrected chi connectivity index (χ1v) is 12.0. The van der Waals surface area contributed by atoms with Gasteiger partial charge in [-0.2, -0.15) is 4.98 Å². The molecule has 0 bridgehead atoms. The molecule has 1 fully saturated rings. The van der Waals surface area contributed by atoms with Gasteiger partial charge in [0.15, 0.2) is 0 Å². The van der Waals surface area contributed by atoms with E-state index in [2.05, 4.69) is 59.3 Å². The van der Waals surface area contributed by atoms with Gasteiger partial charge in [0.05, 0.1) is 18.5 Å². The third-order valence-corrected chi connectivity index (χ3v) is 6.68. The summed E-state index contributed by atoms with van der Waals surface area (Å²) >= 11 is 6.07. The quantitative estimate of drug-likeness (QED) is 0.498. The van der Waals surface area contributed by atoms with Crippen LogP contribution in [0.3, 0.4) is 0 Å². The zero-order chi connectivity index (χ0) is 23.4. The third-order valence-electron chi connectivity index (χ3n) is 6.44. The molecule has 0 aliphatic carbocycles. The second kappa shape index (κ2) is 10.5. The van der Waals surface area contributed by atoms with Gasteiger partial charge in [0, 0.05) is 17.1 Å². The van der Waals surface area contributed by atoms with Crippen LogP contribution in [0.5, 0.6) is 0 Å². The van der Waals surface area contributed by atoms with Crippen molar-refractivity contribution >= 4 is 17.5 Å². The summed E-state index contributed by atoms with van der Waals surface area (Å²) in [6.07, 6.45) is 2.72. The average molecular weight is 467 g/mol. The van der Waals surface area contributed by atoms with Crippen LogP contribution in [0.2, 0.25) is 5.02 Å². The Hall–Kier alpha value is -2.70. The minimum atomic E-state index is -0.0466. The van der Waals surface area contributed by atoms with E-state index in [9.17, 15) is 4.79 Å². The van der Waals surface area contributed by atoms with Gasteiger partial charge in [-0.05, 0) is 68.5 Å². The van der Waals surface area contributed by atoms with Crippen molar-refractivity contribution in [3.8, 4) is 11.4 Å². The highest BCUT2D eigenvalue weighted by Crippen LogP contribution is 2.24. The van der Waals surface area contributed by atoms with Gasteiger partial charge in [0.1, 0.15) is 0 Å². The average Bonchev–Trinajstić information content (AvgIpc) is 3.28. The van der Waals surface area contributed by atoms with Gasteiger partial charge < -0.3 is 9.84 Å². The van der Waals surface area contributed by atoms with Gasteiger partial charge in [0.2, 0.25) is 17.6 Å². The standard InChI is InChI=1S/C26H31ClN4O2/c1-4-23(19-11-10-17(2)18(3)13-19)28-26(32)21-8-6-12-31(15-21)16-24-29-25(30-33-24)20-7-5-9-22(27)14-20/h5,7,9-11,13-14,21,23H,4,6,8,12,15-16H2,1-3H3,(H,28,32). The van der Waals surface area contributed by atoms with Crippen LogP contribution in [-0.4, -0.2) is 34.0 Å². The number of nitrogens with one attached hydrogen (secondary N) is 1. The Morgan fingerprint density at radius 2 is 2.09 bits per heavy atom. The van der Waals surface area contributed by atoms with Crippen molar-refractivity contribution in [1.82, 2.24) is 20.4 Å². The number of hydrogen-bond donors (Lipinski definition) is 1. The molecule has 0 saturated carbocycles. The van der Waals surface area contributed by atoms with Crippen LogP contribution in [0.25, 0.3) is 11.4 Å². The first kappa shape index (κ1) is 23.5. The fraction of sp³-hybridized carbons (Fsp3) is 0.423. The molecule has 3 aromatic rings. The molecule has 1 saturated heterocycles. The van der Waals surface area contributed by atoms with Gasteiger partial charge in [-0.1, -0.05) is 54.0 Å². The molecule has 2 atom stereocenters. The largest absolute Gasteiger partial charge is 0.349 e. The summed E-state index contributed by atoms with van der Waals surface area (Å²) < 4.78 is 5.47. The third kappa shape index (κ3) is 5.81. The molecule has 2 unspecified atom stereocenters. The molecule has 1 aliphatic heterocycles. The zero-order valence-corrected chi connectivity index (χ0v) is 20.2.